The van der Waals surface area contributed by atoms with Crippen molar-refractivity contribution in [2.75, 3.05) is 7.05 Å². The number of hydrogen-bond acceptors (Lipinski definition) is 2. The van der Waals surface area contributed by atoms with Crippen LogP contribution in [0, 0.1) is 17.1 Å². The molecule has 0 aliphatic carbocycles. The number of fused-ring (bicyclic) bond motifs is 1. The summed E-state index contributed by atoms with van der Waals surface area (Å²) < 4.78 is 15.0. The zero-order valence-electron chi connectivity index (χ0n) is 9.21. The second-order valence-corrected chi connectivity index (χ2v) is 3.69. The van der Waals surface area contributed by atoms with Crippen molar-refractivity contribution < 1.29 is 4.39 Å². The minimum absolute atomic E-state index is 0.278. The molecule has 0 unspecified atom stereocenters. The predicted molar refractivity (Wildman–Crippen MR) is 60.4 cm³/mol. The molecule has 2 rings (SSSR count). The number of nitriles is 1. The molecule has 1 N–H and O–H groups in total. The molecule has 0 bridgehead atoms. The van der Waals surface area contributed by atoms with Gasteiger partial charge in [0.1, 0.15) is 17.6 Å². The van der Waals surface area contributed by atoms with Gasteiger partial charge in [-0.15, -0.1) is 0 Å². The van der Waals surface area contributed by atoms with Gasteiger partial charge in [0.15, 0.2) is 0 Å². The fourth-order valence-electron chi connectivity index (χ4n) is 1.99. The predicted octanol–water partition coefficient (Wildman–Crippen LogP) is 1.91. The number of nitrogens with one attached hydrogen (secondary N) is 1. The van der Waals surface area contributed by atoms with Gasteiger partial charge in [0, 0.05) is 30.1 Å². The summed E-state index contributed by atoms with van der Waals surface area (Å²) in [5, 5.41) is 12.9. The molecule has 0 amide bonds. The Morgan fingerprint density at radius 3 is 2.88 bits per heavy atom. The van der Waals surface area contributed by atoms with Gasteiger partial charge in [0.25, 0.3) is 0 Å². The first-order valence-electron chi connectivity index (χ1n) is 5.00. The van der Waals surface area contributed by atoms with E-state index in [1.54, 1.807) is 17.7 Å². The molecule has 3 nitrogen and oxygen atoms in total. The van der Waals surface area contributed by atoms with Crippen LogP contribution in [-0.2, 0) is 13.6 Å². The van der Waals surface area contributed by atoms with E-state index < -0.39 is 0 Å². The number of aromatic nitrogens is 1. The lowest BCUT2D eigenvalue weighted by atomic mass is 10.1. The lowest BCUT2D eigenvalue weighted by Crippen LogP contribution is -2.06. The van der Waals surface area contributed by atoms with Crippen LogP contribution in [-0.4, -0.2) is 11.6 Å². The molecule has 16 heavy (non-hydrogen) atoms. The second-order valence-electron chi connectivity index (χ2n) is 3.69. The fraction of sp³-hybridized carbons (Fsp3) is 0.250. The third kappa shape index (κ3) is 1.46. The molecule has 1 aromatic carbocycles. The molecule has 0 atom stereocenters. The molecule has 0 radical (unpaired) electrons. The van der Waals surface area contributed by atoms with Crippen molar-refractivity contribution in [3.8, 4) is 6.07 Å². The number of nitrogens with zero attached hydrogens (tertiary/aromatic N) is 2. The molecule has 0 aliphatic heterocycles. The van der Waals surface area contributed by atoms with Crippen LogP contribution in [0.4, 0.5) is 4.39 Å². The average molecular weight is 217 g/mol. The molecule has 0 spiro atoms. The zero-order valence-corrected chi connectivity index (χ0v) is 9.21. The van der Waals surface area contributed by atoms with Gasteiger partial charge < -0.3 is 9.88 Å². The average Bonchev–Trinajstić information content (AvgIpc) is 2.52. The van der Waals surface area contributed by atoms with E-state index in [0.717, 1.165) is 16.5 Å². The monoisotopic (exact) mass is 217 g/mol. The minimum atomic E-state index is -0.278. The van der Waals surface area contributed by atoms with Crippen LogP contribution < -0.4 is 5.32 Å². The van der Waals surface area contributed by atoms with Gasteiger partial charge in [0.05, 0.1) is 0 Å². The summed E-state index contributed by atoms with van der Waals surface area (Å²) in [4.78, 5) is 0. The highest BCUT2D eigenvalue weighted by atomic mass is 19.1. The Morgan fingerprint density at radius 2 is 2.25 bits per heavy atom. The minimum Gasteiger partial charge on any atom is -0.335 e. The van der Waals surface area contributed by atoms with Crippen LogP contribution in [0.2, 0.25) is 0 Å². The lowest BCUT2D eigenvalue weighted by Gasteiger charge is -1.98. The maximum Gasteiger partial charge on any atom is 0.125 e. The van der Waals surface area contributed by atoms with Gasteiger partial charge in [0.2, 0.25) is 0 Å². The van der Waals surface area contributed by atoms with Crippen LogP contribution in [0.5, 0.6) is 0 Å². The first-order valence-corrected chi connectivity index (χ1v) is 5.00. The van der Waals surface area contributed by atoms with Crippen LogP contribution >= 0.6 is 0 Å². The van der Waals surface area contributed by atoms with E-state index in [4.69, 9.17) is 5.26 Å². The summed E-state index contributed by atoms with van der Waals surface area (Å²) in [6, 6.07) is 6.74. The smallest absolute Gasteiger partial charge is 0.125 e. The van der Waals surface area contributed by atoms with E-state index in [1.165, 1.54) is 12.1 Å². The largest absolute Gasteiger partial charge is 0.335 e. The SMILES string of the molecule is CNCc1c(C#N)n(C)c2ccc(F)cc12. The second kappa shape index (κ2) is 3.95. The van der Waals surface area contributed by atoms with Gasteiger partial charge in [-0.25, -0.2) is 4.39 Å². The molecule has 1 heterocycles. The van der Waals surface area contributed by atoms with E-state index in [2.05, 4.69) is 11.4 Å². The number of hydrogen-bond donors (Lipinski definition) is 1. The van der Waals surface area contributed by atoms with Gasteiger partial charge in [-0.05, 0) is 25.2 Å². The maximum atomic E-state index is 13.2. The molecule has 0 aliphatic rings. The summed E-state index contributed by atoms with van der Waals surface area (Å²) in [5.74, 6) is -0.278. The Kier molecular flexibility index (Phi) is 2.63. The van der Waals surface area contributed by atoms with Gasteiger partial charge in [-0.1, -0.05) is 0 Å². The van der Waals surface area contributed by atoms with E-state index >= 15 is 0 Å². The highest BCUT2D eigenvalue weighted by Crippen LogP contribution is 2.25. The molecule has 0 fully saturated rings. The lowest BCUT2D eigenvalue weighted by molar-refractivity contribution is 0.629. The van der Waals surface area contributed by atoms with Crippen molar-refractivity contribution in [2.24, 2.45) is 7.05 Å². The highest BCUT2D eigenvalue weighted by molar-refractivity contribution is 5.86. The third-order valence-corrected chi connectivity index (χ3v) is 2.73. The Morgan fingerprint density at radius 1 is 1.50 bits per heavy atom. The molecule has 1 aromatic heterocycles. The molecular weight excluding hydrogens is 205 g/mol. The molecule has 0 saturated heterocycles. The maximum absolute atomic E-state index is 13.2. The van der Waals surface area contributed by atoms with Crippen LogP contribution in [0.15, 0.2) is 18.2 Å². The van der Waals surface area contributed by atoms with Crippen molar-refractivity contribution in [1.29, 1.82) is 5.26 Å². The standard InChI is InChI=1S/C12H12FN3/c1-15-7-10-9-5-8(13)3-4-11(9)16(2)12(10)6-14/h3-5,15H,7H2,1-2H3. The first kappa shape index (κ1) is 10.7. The summed E-state index contributed by atoms with van der Waals surface area (Å²) in [6.45, 7) is 0.559. The van der Waals surface area contributed by atoms with E-state index in [1.807, 2.05) is 7.05 Å². The fourth-order valence-corrected chi connectivity index (χ4v) is 1.99. The Hall–Kier alpha value is -1.86. The van der Waals surface area contributed by atoms with Crippen molar-refractivity contribution in [3.05, 3.63) is 35.3 Å². The summed E-state index contributed by atoms with van der Waals surface area (Å²) in [7, 11) is 3.62. The van der Waals surface area contributed by atoms with Crippen molar-refractivity contribution in [2.45, 2.75) is 6.54 Å². The Labute approximate surface area is 93.1 Å². The van der Waals surface area contributed by atoms with Gasteiger partial charge >= 0.3 is 0 Å². The quantitative estimate of drug-likeness (QED) is 0.834. The Balaban J connectivity index is 2.82. The van der Waals surface area contributed by atoms with Crippen LogP contribution in [0.3, 0.4) is 0 Å². The van der Waals surface area contributed by atoms with E-state index in [-0.39, 0.29) is 5.82 Å². The number of aryl methyl sites for hydroxylation is 1. The van der Waals surface area contributed by atoms with Crippen molar-refractivity contribution in [1.82, 2.24) is 9.88 Å². The first-order chi connectivity index (χ1) is 7.69. The molecule has 4 heteroatoms. The Bertz CT molecular complexity index is 578. The number of benzene rings is 1. The molecule has 0 saturated carbocycles. The summed E-state index contributed by atoms with van der Waals surface area (Å²) in [6.07, 6.45) is 0. The topological polar surface area (TPSA) is 40.8 Å². The van der Waals surface area contributed by atoms with Gasteiger partial charge in [-0.3, -0.25) is 0 Å². The number of rotatable bonds is 2. The van der Waals surface area contributed by atoms with Crippen LogP contribution in [0.25, 0.3) is 10.9 Å². The van der Waals surface area contributed by atoms with Crippen molar-refractivity contribution in [3.63, 3.8) is 0 Å². The number of halogens is 1. The zero-order chi connectivity index (χ0) is 11.7. The van der Waals surface area contributed by atoms with E-state index in [9.17, 15) is 4.39 Å². The van der Waals surface area contributed by atoms with E-state index in [0.29, 0.717) is 12.2 Å². The highest BCUT2D eigenvalue weighted by Gasteiger charge is 2.14. The molecule has 82 valence electrons. The molecular formula is C12H12FN3. The third-order valence-electron chi connectivity index (χ3n) is 2.73. The van der Waals surface area contributed by atoms with Gasteiger partial charge in [-0.2, -0.15) is 5.26 Å². The summed E-state index contributed by atoms with van der Waals surface area (Å²) >= 11 is 0. The molecule has 2 aromatic rings. The van der Waals surface area contributed by atoms with Crippen molar-refractivity contribution >= 4 is 10.9 Å². The normalized spacial score (nSPS) is 10.6. The summed E-state index contributed by atoms with van der Waals surface area (Å²) in [5.41, 5.74) is 2.31. The van der Waals surface area contributed by atoms with Crippen LogP contribution in [0.1, 0.15) is 11.3 Å².